The number of rotatable bonds is 17. The van der Waals surface area contributed by atoms with E-state index in [-0.39, 0.29) is 0 Å². The molecule has 0 amide bonds. The van der Waals surface area contributed by atoms with Gasteiger partial charge in [-0.15, -0.1) is 0 Å². The molecule has 0 fully saturated rings. The van der Waals surface area contributed by atoms with E-state index in [2.05, 4.69) is 27.7 Å². The van der Waals surface area contributed by atoms with E-state index < -0.39 is 0 Å². The highest BCUT2D eigenvalue weighted by Crippen LogP contribution is 2.17. The van der Waals surface area contributed by atoms with Gasteiger partial charge in [-0.2, -0.15) is 0 Å². The highest BCUT2D eigenvalue weighted by Gasteiger charge is 2.00. The molecule has 0 aromatic carbocycles. The van der Waals surface area contributed by atoms with Gasteiger partial charge < -0.3 is 0 Å². The monoisotopic (exact) mass is 310 g/mol. The maximum atomic E-state index is 2.42. The molecule has 0 bridgehead atoms. The molecule has 1 unspecified atom stereocenters. The second-order valence-corrected chi connectivity index (χ2v) is 8.11. The van der Waals surface area contributed by atoms with Crippen molar-refractivity contribution >= 4 is 0 Å². The first-order valence-electron chi connectivity index (χ1n) is 10.7. The summed E-state index contributed by atoms with van der Waals surface area (Å²) in [5.41, 5.74) is 0. The molecule has 0 aromatic rings. The van der Waals surface area contributed by atoms with Crippen LogP contribution in [0.4, 0.5) is 0 Å². The van der Waals surface area contributed by atoms with Gasteiger partial charge >= 0.3 is 0 Å². The van der Waals surface area contributed by atoms with E-state index in [1.165, 1.54) is 103 Å². The smallest absolute Gasteiger partial charge is 0.0443 e. The number of hydrogen-bond acceptors (Lipinski definition) is 0. The molecule has 0 nitrogen and oxygen atoms in total. The molecule has 0 aliphatic carbocycles. The molecule has 0 N–H and O–H groups in total. The lowest BCUT2D eigenvalue weighted by molar-refractivity contribution is 0.449. The first-order chi connectivity index (χ1) is 10.7. The predicted molar refractivity (Wildman–Crippen MR) is 104 cm³/mol. The summed E-state index contributed by atoms with van der Waals surface area (Å²) >= 11 is 0. The van der Waals surface area contributed by atoms with Crippen LogP contribution in [0.15, 0.2) is 0 Å². The van der Waals surface area contributed by atoms with Gasteiger partial charge in [0.05, 0.1) is 0 Å². The van der Waals surface area contributed by atoms with E-state index in [0.29, 0.717) is 0 Å². The lowest BCUT2D eigenvalue weighted by atomic mass is 9.98. The van der Waals surface area contributed by atoms with Crippen molar-refractivity contribution in [2.75, 3.05) is 0 Å². The van der Waals surface area contributed by atoms with E-state index >= 15 is 0 Å². The largest absolute Gasteiger partial charge is 0.0654 e. The third-order valence-corrected chi connectivity index (χ3v) is 5.01. The van der Waals surface area contributed by atoms with Crippen molar-refractivity contribution in [1.29, 1.82) is 0 Å². The normalized spacial score (nSPS) is 13.0. The highest BCUT2D eigenvalue weighted by molar-refractivity contribution is 4.54. The number of unbranched alkanes of at least 4 members (excludes halogenated alkanes) is 11. The van der Waals surface area contributed by atoms with Crippen molar-refractivity contribution in [1.82, 2.24) is 0 Å². The topological polar surface area (TPSA) is 0 Å². The van der Waals surface area contributed by atoms with Crippen LogP contribution in [-0.2, 0) is 0 Å². The van der Waals surface area contributed by atoms with Gasteiger partial charge in [0.2, 0.25) is 0 Å². The summed E-state index contributed by atoms with van der Waals surface area (Å²) in [6.07, 6.45) is 23.4. The van der Waals surface area contributed by atoms with Crippen molar-refractivity contribution < 1.29 is 0 Å². The van der Waals surface area contributed by atoms with Gasteiger partial charge in [-0.05, 0) is 11.8 Å². The zero-order chi connectivity index (χ0) is 16.5. The molecule has 134 valence electrons. The molecule has 0 aromatic heterocycles. The van der Waals surface area contributed by atoms with Gasteiger partial charge in [0.25, 0.3) is 0 Å². The molecule has 0 saturated carbocycles. The van der Waals surface area contributed by atoms with Gasteiger partial charge in [-0.25, -0.2) is 0 Å². The maximum Gasteiger partial charge on any atom is -0.0443 e. The van der Waals surface area contributed by atoms with Crippen LogP contribution in [0.25, 0.3) is 0 Å². The Hall–Kier alpha value is 0. The van der Waals surface area contributed by atoms with Gasteiger partial charge in [0, 0.05) is 0 Å². The zero-order valence-electron chi connectivity index (χ0n) is 16.5. The maximum absolute atomic E-state index is 2.42. The molecule has 0 radical (unpaired) electrons. The Bertz CT molecular complexity index is 194. The van der Waals surface area contributed by atoms with E-state index in [0.717, 1.165) is 11.8 Å². The number of hydrogen-bond donors (Lipinski definition) is 0. The summed E-state index contributed by atoms with van der Waals surface area (Å²) in [6, 6.07) is 0. The molecule has 0 heterocycles. The predicted octanol–water partition coefficient (Wildman–Crippen LogP) is 8.54. The van der Waals surface area contributed by atoms with Crippen LogP contribution >= 0.6 is 0 Å². The van der Waals surface area contributed by atoms with Crippen molar-refractivity contribution in [3.05, 3.63) is 0 Å². The van der Waals surface area contributed by atoms with Crippen molar-refractivity contribution in [2.45, 2.75) is 130 Å². The van der Waals surface area contributed by atoms with Crippen molar-refractivity contribution in [2.24, 2.45) is 11.8 Å². The summed E-state index contributed by atoms with van der Waals surface area (Å²) in [4.78, 5) is 0. The summed E-state index contributed by atoms with van der Waals surface area (Å²) in [7, 11) is 0. The van der Waals surface area contributed by atoms with Crippen molar-refractivity contribution in [3.8, 4) is 0 Å². The van der Waals surface area contributed by atoms with Crippen LogP contribution in [-0.4, -0.2) is 0 Å². The minimum Gasteiger partial charge on any atom is -0.0654 e. The summed E-state index contributed by atoms with van der Waals surface area (Å²) < 4.78 is 0. The lowest BCUT2D eigenvalue weighted by Gasteiger charge is -2.09. The zero-order valence-corrected chi connectivity index (χ0v) is 16.5. The molecule has 0 aliphatic rings. The average molecular weight is 311 g/mol. The SMILES string of the molecule is CCCC(C)CCCCCCCCCCCCCCC(C)C. The van der Waals surface area contributed by atoms with Crippen molar-refractivity contribution in [3.63, 3.8) is 0 Å². The van der Waals surface area contributed by atoms with Crippen LogP contribution in [0.2, 0.25) is 0 Å². The lowest BCUT2D eigenvalue weighted by Crippen LogP contribution is -1.93. The third-order valence-electron chi connectivity index (χ3n) is 5.01. The highest BCUT2D eigenvalue weighted by atomic mass is 14.1. The average Bonchev–Trinajstić information content (AvgIpc) is 2.47. The Kier molecular flexibility index (Phi) is 17.4. The second kappa shape index (κ2) is 17.4. The van der Waals surface area contributed by atoms with Crippen LogP contribution in [0.3, 0.4) is 0 Å². The Morgan fingerprint density at radius 3 is 1.18 bits per heavy atom. The molecular formula is C22H46. The first kappa shape index (κ1) is 22.0. The van der Waals surface area contributed by atoms with Gasteiger partial charge in [0.15, 0.2) is 0 Å². The summed E-state index contributed by atoms with van der Waals surface area (Å²) in [5.74, 6) is 1.86. The standard InChI is InChI=1S/C22H46/c1-5-18-22(4)20-17-15-13-11-9-7-6-8-10-12-14-16-19-21(2)3/h21-22H,5-20H2,1-4H3. The van der Waals surface area contributed by atoms with E-state index in [9.17, 15) is 0 Å². The van der Waals surface area contributed by atoms with Crippen LogP contribution in [0, 0.1) is 11.8 Å². The minimum absolute atomic E-state index is 0.898. The Balaban J connectivity index is 3.02. The fourth-order valence-electron chi connectivity index (χ4n) is 3.45. The molecule has 0 spiro atoms. The second-order valence-electron chi connectivity index (χ2n) is 8.11. The molecule has 0 heteroatoms. The van der Waals surface area contributed by atoms with Crippen LogP contribution < -0.4 is 0 Å². The summed E-state index contributed by atoms with van der Waals surface area (Å²) in [6.45, 7) is 9.41. The van der Waals surface area contributed by atoms with E-state index in [1.54, 1.807) is 0 Å². The molecular weight excluding hydrogens is 264 g/mol. The first-order valence-corrected chi connectivity index (χ1v) is 10.7. The Morgan fingerprint density at radius 1 is 0.455 bits per heavy atom. The summed E-state index contributed by atoms with van der Waals surface area (Å²) in [5, 5.41) is 0. The van der Waals surface area contributed by atoms with E-state index in [4.69, 9.17) is 0 Å². The van der Waals surface area contributed by atoms with Gasteiger partial charge in [-0.3, -0.25) is 0 Å². The van der Waals surface area contributed by atoms with Crippen LogP contribution in [0.5, 0.6) is 0 Å². The van der Waals surface area contributed by atoms with Gasteiger partial charge in [-0.1, -0.05) is 130 Å². The Morgan fingerprint density at radius 2 is 0.818 bits per heavy atom. The fraction of sp³-hybridized carbons (Fsp3) is 1.00. The quantitative estimate of drug-likeness (QED) is 0.236. The molecule has 0 saturated heterocycles. The fourth-order valence-corrected chi connectivity index (χ4v) is 3.45. The van der Waals surface area contributed by atoms with Crippen LogP contribution in [0.1, 0.15) is 130 Å². The minimum atomic E-state index is 0.898. The Labute approximate surface area is 142 Å². The molecule has 0 rings (SSSR count). The molecule has 0 aliphatic heterocycles. The third kappa shape index (κ3) is 18.1. The molecule has 1 atom stereocenters. The van der Waals surface area contributed by atoms with Gasteiger partial charge in [0.1, 0.15) is 0 Å². The van der Waals surface area contributed by atoms with E-state index in [1.807, 2.05) is 0 Å². The molecule has 22 heavy (non-hydrogen) atoms.